The molecule has 4 nitrogen and oxygen atoms in total. The maximum atomic E-state index is 13.0. The van der Waals surface area contributed by atoms with Gasteiger partial charge in [-0.05, 0) is 49.2 Å². The van der Waals surface area contributed by atoms with Gasteiger partial charge in [0.05, 0.1) is 18.3 Å². The van der Waals surface area contributed by atoms with Gasteiger partial charge in [-0.15, -0.1) is 0 Å². The number of halogens is 2. The molecule has 0 saturated carbocycles. The molecule has 0 aliphatic carbocycles. The summed E-state index contributed by atoms with van der Waals surface area (Å²) in [6.07, 6.45) is 5.47. The fourth-order valence-electron chi connectivity index (χ4n) is 2.76. The predicted molar refractivity (Wildman–Crippen MR) is 103 cm³/mol. The zero-order valence-electron chi connectivity index (χ0n) is 15.2. The molecule has 0 fully saturated rings. The molecule has 26 heavy (non-hydrogen) atoms. The van der Waals surface area contributed by atoms with Crippen molar-refractivity contribution in [3.63, 3.8) is 0 Å². The molecule has 1 aromatic carbocycles. The molecule has 0 bridgehead atoms. The smallest absolute Gasteiger partial charge is 0.245 e. The molecule has 1 heterocycles. The van der Waals surface area contributed by atoms with Crippen LogP contribution in [0.5, 0.6) is 0 Å². The molecule has 1 aliphatic heterocycles. The molecule has 1 aliphatic rings. The van der Waals surface area contributed by atoms with Crippen LogP contribution in [0.25, 0.3) is 0 Å². The number of hydrogen-bond donors (Lipinski definition) is 3. The van der Waals surface area contributed by atoms with E-state index in [-0.39, 0.29) is 12.5 Å². The normalized spacial score (nSPS) is 17.7. The number of aliphatic imine (C=N–C) groups is 1. The van der Waals surface area contributed by atoms with E-state index in [1.165, 1.54) is 0 Å². The van der Waals surface area contributed by atoms with Gasteiger partial charge in [0.2, 0.25) is 5.92 Å². The van der Waals surface area contributed by atoms with Crippen LogP contribution in [-0.2, 0) is 13.0 Å². The number of benzene rings is 1. The van der Waals surface area contributed by atoms with Gasteiger partial charge in [0, 0.05) is 23.9 Å². The molecule has 1 unspecified atom stereocenters. The average molecular weight is 360 g/mol. The Labute approximate surface area is 153 Å². The number of aryl methyl sites for hydroxylation is 2. The van der Waals surface area contributed by atoms with Crippen molar-refractivity contribution in [3.05, 3.63) is 70.7 Å². The lowest BCUT2D eigenvalue weighted by molar-refractivity contribution is 0.0133. The summed E-state index contributed by atoms with van der Waals surface area (Å²) in [4.78, 5) is 4.45. The van der Waals surface area contributed by atoms with Gasteiger partial charge in [-0.1, -0.05) is 24.8 Å². The summed E-state index contributed by atoms with van der Waals surface area (Å²) in [7, 11) is 0. The van der Waals surface area contributed by atoms with Gasteiger partial charge >= 0.3 is 0 Å². The van der Waals surface area contributed by atoms with Gasteiger partial charge < -0.3 is 16.8 Å². The van der Waals surface area contributed by atoms with Crippen molar-refractivity contribution in [1.29, 1.82) is 0 Å². The Morgan fingerprint density at radius 2 is 2.15 bits per heavy atom. The summed E-state index contributed by atoms with van der Waals surface area (Å²) in [6, 6.07) is 5.50. The van der Waals surface area contributed by atoms with Crippen LogP contribution in [-0.4, -0.2) is 18.2 Å². The summed E-state index contributed by atoms with van der Waals surface area (Å²) in [6.45, 7) is 7.09. The summed E-state index contributed by atoms with van der Waals surface area (Å²) < 4.78 is 26.0. The van der Waals surface area contributed by atoms with Gasteiger partial charge in [0.1, 0.15) is 0 Å². The molecular formula is C20H26F2N4. The summed E-state index contributed by atoms with van der Waals surface area (Å²) in [5, 5.41) is 3.03. The number of alkyl halides is 2. The predicted octanol–water partition coefficient (Wildman–Crippen LogP) is 3.32. The SMILES string of the molecule is C=C(N)C1=C(C=NCc2ccc(CCC(C)(F)F)c(C)c2)C(N)C=CN1. The number of nitrogens with two attached hydrogens (primary N) is 2. The number of nitrogens with one attached hydrogen (secondary N) is 1. The van der Waals surface area contributed by atoms with Crippen LogP contribution in [0, 0.1) is 6.92 Å². The van der Waals surface area contributed by atoms with Crippen LogP contribution in [0.4, 0.5) is 8.78 Å². The van der Waals surface area contributed by atoms with Crippen LogP contribution in [0.2, 0.25) is 0 Å². The quantitative estimate of drug-likeness (QED) is 0.653. The molecule has 0 spiro atoms. The third-order valence-corrected chi connectivity index (χ3v) is 4.24. The highest BCUT2D eigenvalue weighted by atomic mass is 19.3. The van der Waals surface area contributed by atoms with Crippen LogP contribution in [0.3, 0.4) is 0 Å². The van der Waals surface area contributed by atoms with Crippen molar-refractivity contribution < 1.29 is 8.78 Å². The van der Waals surface area contributed by atoms with Crippen molar-refractivity contribution in [1.82, 2.24) is 5.32 Å². The molecule has 5 N–H and O–H groups in total. The van der Waals surface area contributed by atoms with Crippen LogP contribution in [0.15, 0.2) is 59.0 Å². The number of nitrogens with zero attached hydrogens (tertiary/aromatic N) is 1. The number of dihydropyridines is 1. The van der Waals surface area contributed by atoms with E-state index in [1.54, 1.807) is 12.4 Å². The second-order valence-corrected chi connectivity index (χ2v) is 6.69. The van der Waals surface area contributed by atoms with Crippen molar-refractivity contribution in [2.75, 3.05) is 0 Å². The topological polar surface area (TPSA) is 76.4 Å². The lowest BCUT2D eigenvalue weighted by Gasteiger charge is -2.20. The second kappa shape index (κ2) is 8.27. The van der Waals surface area contributed by atoms with Crippen LogP contribution in [0.1, 0.15) is 30.0 Å². The second-order valence-electron chi connectivity index (χ2n) is 6.69. The Bertz CT molecular complexity index is 758. The van der Waals surface area contributed by atoms with Crippen LogP contribution >= 0.6 is 0 Å². The molecule has 1 aromatic rings. The molecule has 6 heteroatoms. The maximum Gasteiger partial charge on any atom is 0.245 e. The highest BCUT2D eigenvalue weighted by Crippen LogP contribution is 2.22. The minimum absolute atomic E-state index is 0.149. The first-order chi connectivity index (χ1) is 12.2. The van der Waals surface area contributed by atoms with Crippen molar-refractivity contribution >= 4 is 6.21 Å². The molecule has 0 radical (unpaired) electrons. The Balaban J connectivity index is 2.06. The highest BCUT2D eigenvalue weighted by molar-refractivity contribution is 5.83. The fourth-order valence-corrected chi connectivity index (χ4v) is 2.76. The van der Waals surface area contributed by atoms with Gasteiger partial charge in [0.25, 0.3) is 0 Å². The molecule has 0 amide bonds. The minimum Gasteiger partial charge on any atom is -0.398 e. The summed E-state index contributed by atoms with van der Waals surface area (Å²) >= 11 is 0. The Morgan fingerprint density at radius 1 is 1.42 bits per heavy atom. The first-order valence-corrected chi connectivity index (χ1v) is 8.51. The van der Waals surface area contributed by atoms with E-state index in [4.69, 9.17) is 11.5 Å². The number of hydrogen-bond acceptors (Lipinski definition) is 4. The van der Waals surface area contributed by atoms with E-state index in [0.29, 0.717) is 24.4 Å². The van der Waals surface area contributed by atoms with E-state index in [9.17, 15) is 8.78 Å². The largest absolute Gasteiger partial charge is 0.398 e. The molecule has 0 saturated heterocycles. The zero-order chi connectivity index (χ0) is 19.3. The Hall–Kier alpha value is -2.47. The van der Waals surface area contributed by atoms with Crippen LogP contribution < -0.4 is 16.8 Å². The number of rotatable bonds is 7. The first kappa shape index (κ1) is 19.8. The Kier molecular flexibility index (Phi) is 6.32. The highest BCUT2D eigenvalue weighted by Gasteiger charge is 2.20. The van der Waals surface area contributed by atoms with E-state index in [0.717, 1.165) is 29.2 Å². The fraction of sp³-hybridized carbons (Fsp3) is 0.350. The van der Waals surface area contributed by atoms with E-state index < -0.39 is 5.92 Å². The van der Waals surface area contributed by atoms with Gasteiger partial charge in [0.15, 0.2) is 0 Å². The monoisotopic (exact) mass is 360 g/mol. The first-order valence-electron chi connectivity index (χ1n) is 8.51. The molecule has 1 atom stereocenters. The summed E-state index contributed by atoms with van der Waals surface area (Å²) in [5.74, 6) is -2.64. The summed E-state index contributed by atoms with van der Waals surface area (Å²) in [5.41, 5.74) is 16.6. The van der Waals surface area contributed by atoms with Crippen molar-refractivity contribution in [2.24, 2.45) is 16.5 Å². The van der Waals surface area contributed by atoms with Crippen molar-refractivity contribution in [2.45, 2.75) is 45.2 Å². The maximum absolute atomic E-state index is 13.0. The third kappa shape index (κ3) is 5.52. The minimum atomic E-state index is -2.64. The molecule has 140 valence electrons. The lowest BCUT2D eigenvalue weighted by atomic mass is 9.99. The molecular weight excluding hydrogens is 334 g/mol. The average Bonchev–Trinajstić information content (AvgIpc) is 2.54. The van der Waals surface area contributed by atoms with Gasteiger partial charge in [-0.3, -0.25) is 4.99 Å². The van der Waals surface area contributed by atoms with E-state index in [1.807, 2.05) is 31.2 Å². The standard InChI is InChI=1S/C20H26F2N4/c1-13-10-15(4-5-16(13)6-8-20(3,21)22)11-25-12-17-18(24)7-9-26-19(17)14(2)23/h4-5,7,9-10,12,18,26H,2,6,8,11,23-24H2,1,3H3. The van der Waals surface area contributed by atoms with E-state index >= 15 is 0 Å². The van der Waals surface area contributed by atoms with Gasteiger partial charge in [-0.2, -0.15) is 0 Å². The zero-order valence-corrected chi connectivity index (χ0v) is 15.2. The van der Waals surface area contributed by atoms with Crippen molar-refractivity contribution in [3.8, 4) is 0 Å². The van der Waals surface area contributed by atoms with E-state index in [2.05, 4.69) is 16.9 Å². The lowest BCUT2D eigenvalue weighted by Crippen LogP contribution is -2.31. The third-order valence-electron chi connectivity index (χ3n) is 4.24. The van der Waals surface area contributed by atoms with Gasteiger partial charge in [-0.25, -0.2) is 8.78 Å². The molecule has 2 rings (SSSR count). The Morgan fingerprint density at radius 3 is 2.77 bits per heavy atom. The molecule has 0 aromatic heterocycles.